The second-order valence-electron chi connectivity index (χ2n) is 6.54. The van der Waals surface area contributed by atoms with E-state index in [0.29, 0.717) is 27.1 Å². The molecule has 0 atom stereocenters. The number of amides is 2. The fraction of sp³-hybridized carbons (Fsp3) is 0.474. The van der Waals surface area contributed by atoms with E-state index in [-0.39, 0.29) is 34.6 Å². The van der Waals surface area contributed by atoms with Crippen LogP contribution < -0.4 is 4.74 Å². The highest BCUT2D eigenvalue weighted by Gasteiger charge is 2.44. The highest BCUT2D eigenvalue weighted by molar-refractivity contribution is 8.25. The van der Waals surface area contributed by atoms with E-state index in [9.17, 15) is 19.8 Å². The Morgan fingerprint density at radius 3 is 2.00 bits per heavy atom. The molecule has 0 aromatic heterocycles. The number of ether oxygens (including phenoxy) is 1. The first kappa shape index (κ1) is 20.7. The smallest absolute Gasteiger partial charge is 0.279 e. The van der Waals surface area contributed by atoms with E-state index < -0.39 is 0 Å². The molecule has 0 spiro atoms. The minimum absolute atomic E-state index is 0.0543. The normalized spacial score (nSPS) is 16.4. The second kappa shape index (κ2) is 8.57. The number of fused-ring (bicyclic) bond motifs is 1. The maximum Gasteiger partial charge on any atom is 0.279 e. The first-order valence-corrected chi connectivity index (χ1v) is 10.9. The van der Waals surface area contributed by atoms with Gasteiger partial charge in [-0.3, -0.25) is 9.59 Å². The summed E-state index contributed by atoms with van der Waals surface area (Å²) in [7, 11) is 1.40. The first-order chi connectivity index (χ1) is 13.4. The molecule has 1 fully saturated rings. The van der Waals surface area contributed by atoms with Gasteiger partial charge in [0.1, 0.15) is 11.3 Å². The number of hydrogen-bond donors (Lipinski definition) is 2. The summed E-state index contributed by atoms with van der Waals surface area (Å²) in [6, 6.07) is 1.33. The van der Waals surface area contributed by atoms with E-state index in [0.717, 1.165) is 49.2 Å². The van der Waals surface area contributed by atoms with Crippen LogP contribution in [0.15, 0.2) is 25.7 Å². The number of nitrogens with zero attached hydrogens (tertiary/aromatic N) is 2. The molecule has 0 bridgehead atoms. The van der Waals surface area contributed by atoms with Crippen LogP contribution in [0.5, 0.6) is 17.2 Å². The van der Waals surface area contributed by atoms with Gasteiger partial charge in [-0.2, -0.15) is 0 Å². The number of carbonyl (C=O) groups excluding carboxylic acids is 2. The summed E-state index contributed by atoms with van der Waals surface area (Å²) in [6.07, 6.45) is 3.46. The molecule has 3 rings (SSSR count). The van der Waals surface area contributed by atoms with Crippen molar-refractivity contribution < 1.29 is 24.5 Å². The molecule has 1 saturated heterocycles. The van der Waals surface area contributed by atoms with Gasteiger partial charge >= 0.3 is 0 Å². The minimum atomic E-state index is -0.316. The van der Waals surface area contributed by atoms with E-state index in [1.165, 1.54) is 23.2 Å². The van der Waals surface area contributed by atoms with Crippen molar-refractivity contribution >= 4 is 35.3 Å². The third-order valence-electron chi connectivity index (χ3n) is 4.60. The van der Waals surface area contributed by atoms with E-state index in [1.807, 2.05) is 13.8 Å². The lowest BCUT2D eigenvalue weighted by molar-refractivity contribution is -0.147. The van der Waals surface area contributed by atoms with Gasteiger partial charge in [-0.1, -0.05) is 50.2 Å². The molecule has 2 N–H and O–H groups in total. The molecule has 9 heteroatoms. The van der Waals surface area contributed by atoms with Gasteiger partial charge in [-0.15, -0.1) is 0 Å². The molecule has 0 radical (unpaired) electrons. The molecule has 152 valence electrons. The maximum absolute atomic E-state index is 13.1. The van der Waals surface area contributed by atoms with Crippen LogP contribution in [-0.2, 0) is 9.59 Å². The van der Waals surface area contributed by atoms with Crippen LogP contribution in [0.25, 0.3) is 0 Å². The third-order valence-corrected chi connectivity index (χ3v) is 7.23. The van der Waals surface area contributed by atoms with Gasteiger partial charge in [0.05, 0.1) is 21.1 Å². The van der Waals surface area contributed by atoms with E-state index >= 15 is 0 Å². The Balaban J connectivity index is 1.98. The molecule has 1 aromatic carbocycles. The fourth-order valence-corrected chi connectivity index (χ4v) is 5.64. The first-order valence-electron chi connectivity index (χ1n) is 9.31. The molecule has 2 amide bonds. The molecular formula is C19H24N2O5S2. The molecule has 1 aromatic rings. The summed E-state index contributed by atoms with van der Waals surface area (Å²) in [4.78, 5) is 26.9. The van der Waals surface area contributed by atoms with Crippen molar-refractivity contribution in [2.24, 2.45) is 0 Å². The molecule has 0 aliphatic carbocycles. The van der Waals surface area contributed by atoms with Gasteiger partial charge in [0.25, 0.3) is 11.8 Å². The third kappa shape index (κ3) is 3.53. The lowest BCUT2D eigenvalue weighted by atomic mass is 10.3. The quantitative estimate of drug-likeness (QED) is 0.392. The lowest BCUT2D eigenvalue weighted by Crippen LogP contribution is -2.42. The Hall–Kier alpha value is -2.00. The fourth-order valence-electron chi connectivity index (χ4n) is 3.05. The number of phenols is 2. The van der Waals surface area contributed by atoms with Gasteiger partial charge in [-0.05, 0) is 12.8 Å². The summed E-state index contributed by atoms with van der Waals surface area (Å²) in [5.74, 6) is -0.645. The van der Waals surface area contributed by atoms with Crippen LogP contribution in [-0.4, -0.2) is 52.2 Å². The Labute approximate surface area is 172 Å². The zero-order valence-corrected chi connectivity index (χ0v) is 17.8. The number of hydrogen-bond acceptors (Lipinski definition) is 7. The standard InChI is InChI=1S/C19H24N2O5S2/c1-4-6-8-20-17(24)13(18(25)21(20)9-7-5-2)19-27-15-11(22)10-12(26-3)14(23)16(15)28-19/h10,22-23H,4-9H2,1-3H3. The van der Waals surface area contributed by atoms with Crippen molar-refractivity contribution in [1.29, 1.82) is 0 Å². The predicted octanol–water partition coefficient (Wildman–Crippen LogP) is 3.70. The molecule has 2 aliphatic heterocycles. The maximum atomic E-state index is 13.1. The molecule has 2 heterocycles. The average molecular weight is 425 g/mol. The van der Waals surface area contributed by atoms with Gasteiger partial charge < -0.3 is 14.9 Å². The Bertz CT molecular complexity index is 812. The summed E-state index contributed by atoms with van der Waals surface area (Å²) in [6.45, 7) is 5.06. The van der Waals surface area contributed by atoms with Crippen molar-refractivity contribution in [3.05, 3.63) is 15.9 Å². The van der Waals surface area contributed by atoms with E-state index in [2.05, 4.69) is 0 Å². The average Bonchev–Trinajstić information content (AvgIpc) is 3.21. The highest BCUT2D eigenvalue weighted by atomic mass is 32.2. The second-order valence-corrected chi connectivity index (χ2v) is 8.83. The monoisotopic (exact) mass is 424 g/mol. The number of hydrazine groups is 1. The molecular weight excluding hydrogens is 400 g/mol. The van der Waals surface area contributed by atoms with Crippen LogP contribution in [0.4, 0.5) is 0 Å². The van der Waals surface area contributed by atoms with Crippen LogP contribution in [0.2, 0.25) is 0 Å². The van der Waals surface area contributed by atoms with Crippen molar-refractivity contribution in [2.45, 2.75) is 49.3 Å². The zero-order chi connectivity index (χ0) is 20.4. The van der Waals surface area contributed by atoms with Crippen molar-refractivity contribution in [3.63, 3.8) is 0 Å². The Morgan fingerprint density at radius 2 is 1.50 bits per heavy atom. The number of unbranched alkanes of at least 4 members (excludes halogenated alkanes) is 2. The van der Waals surface area contributed by atoms with Gasteiger partial charge in [0, 0.05) is 19.2 Å². The summed E-state index contributed by atoms with van der Waals surface area (Å²) >= 11 is 2.26. The number of methoxy groups -OCH3 is 1. The van der Waals surface area contributed by atoms with Gasteiger partial charge in [-0.25, -0.2) is 10.0 Å². The predicted molar refractivity (Wildman–Crippen MR) is 108 cm³/mol. The molecule has 28 heavy (non-hydrogen) atoms. The molecule has 7 nitrogen and oxygen atoms in total. The summed E-state index contributed by atoms with van der Waals surface area (Å²) < 4.78 is 5.55. The highest BCUT2D eigenvalue weighted by Crippen LogP contribution is 2.61. The van der Waals surface area contributed by atoms with Crippen molar-refractivity contribution in [3.8, 4) is 17.2 Å². The molecule has 0 unspecified atom stereocenters. The van der Waals surface area contributed by atoms with Gasteiger partial charge in [0.15, 0.2) is 11.5 Å². The van der Waals surface area contributed by atoms with Crippen molar-refractivity contribution in [1.82, 2.24) is 10.0 Å². The van der Waals surface area contributed by atoms with E-state index in [4.69, 9.17) is 4.74 Å². The SMILES string of the molecule is CCCCN1C(=O)C(=C2Sc3c(O)cc(OC)c(O)c3S2)C(=O)N1CCCC. The van der Waals surface area contributed by atoms with Crippen LogP contribution in [0.3, 0.4) is 0 Å². The molecule has 0 saturated carbocycles. The number of carbonyl (C=O) groups is 2. The number of thioether (sulfide) groups is 2. The Kier molecular flexibility index (Phi) is 6.34. The Morgan fingerprint density at radius 1 is 0.964 bits per heavy atom. The number of phenolic OH excluding ortho intramolecular Hbond substituents is 2. The number of aromatic hydroxyl groups is 2. The molecule has 2 aliphatic rings. The minimum Gasteiger partial charge on any atom is -0.507 e. The van der Waals surface area contributed by atoms with Crippen LogP contribution in [0, 0.1) is 0 Å². The lowest BCUT2D eigenvalue weighted by Gasteiger charge is -2.27. The zero-order valence-electron chi connectivity index (χ0n) is 16.2. The summed E-state index contributed by atoms with van der Waals surface area (Å²) in [5.41, 5.74) is 0.108. The number of rotatable bonds is 7. The van der Waals surface area contributed by atoms with Crippen molar-refractivity contribution in [2.75, 3.05) is 20.2 Å². The van der Waals surface area contributed by atoms with Gasteiger partial charge in [0.2, 0.25) is 0 Å². The summed E-state index contributed by atoms with van der Waals surface area (Å²) in [5, 5.41) is 23.7. The topological polar surface area (TPSA) is 90.3 Å². The van der Waals surface area contributed by atoms with Crippen LogP contribution in [0.1, 0.15) is 39.5 Å². The number of benzene rings is 1. The van der Waals surface area contributed by atoms with Crippen LogP contribution >= 0.6 is 23.5 Å². The van der Waals surface area contributed by atoms with E-state index in [1.54, 1.807) is 0 Å². The largest absolute Gasteiger partial charge is 0.507 e.